The number of thiocarbonyl (C=S) groups is 1. The Labute approximate surface area is 221 Å². The van der Waals surface area contributed by atoms with Crippen LogP contribution >= 0.6 is 39.9 Å². The number of anilines is 1. The third-order valence-electron chi connectivity index (χ3n) is 5.38. The van der Waals surface area contributed by atoms with E-state index in [1.165, 1.54) is 23.8 Å². The molecular formula is C24H23BrN2O6S2. The minimum absolute atomic E-state index is 0.116. The topological polar surface area (TPSA) is 77.5 Å². The highest BCUT2D eigenvalue weighted by atomic mass is 79.9. The molecule has 2 heterocycles. The molecule has 0 aromatic heterocycles. The zero-order valence-electron chi connectivity index (χ0n) is 19.1. The van der Waals surface area contributed by atoms with Crippen LogP contribution in [-0.2, 0) is 14.3 Å². The Hall–Kier alpha value is -2.60. The smallest absolute Gasteiger partial charge is 0.270 e. The van der Waals surface area contributed by atoms with Crippen LogP contribution in [0.25, 0.3) is 6.08 Å². The number of morpholine rings is 1. The highest BCUT2D eigenvalue weighted by molar-refractivity contribution is 9.10. The van der Waals surface area contributed by atoms with Gasteiger partial charge < -0.3 is 23.8 Å². The summed E-state index contributed by atoms with van der Waals surface area (Å²) in [5, 5.41) is 0. The van der Waals surface area contributed by atoms with E-state index in [0.29, 0.717) is 62.9 Å². The summed E-state index contributed by atoms with van der Waals surface area (Å²) in [6.45, 7) is 2.04. The highest BCUT2D eigenvalue weighted by Gasteiger charge is 2.33. The van der Waals surface area contributed by atoms with Crippen LogP contribution in [0.1, 0.15) is 5.56 Å². The van der Waals surface area contributed by atoms with Crippen LogP contribution in [0.5, 0.6) is 17.2 Å². The molecule has 4 rings (SSSR count). The van der Waals surface area contributed by atoms with Gasteiger partial charge in [0.05, 0.1) is 42.5 Å². The van der Waals surface area contributed by atoms with Gasteiger partial charge in [0, 0.05) is 13.1 Å². The molecule has 2 aromatic rings. The second-order valence-electron chi connectivity index (χ2n) is 7.53. The number of methoxy groups -OCH3 is 2. The van der Waals surface area contributed by atoms with Crippen molar-refractivity contribution in [3.05, 3.63) is 51.3 Å². The summed E-state index contributed by atoms with van der Waals surface area (Å²) >= 11 is 10.2. The monoisotopic (exact) mass is 578 g/mol. The summed E-state index contributed by atoms with van der Waals surface area (Å²) in [5.41, 5.74) is 1.39. The summed E-state index contributed by atoms with van der Waals surface area (Å²) in [5.74, 6) is 1.22. The molecule has 8 nitrogen and oxygen atoms in total. The number of amides is 2. The van der Waals surface area contributed by atoms with Gasteiger partial charge in [0.1, 0.15) is 5.75 Å². The van der Waals surface area contributed by atoms with Crippen molar-refractivity contribution in [1.29, 1.82) is 0 Å². The molecule has 0 unspecified atom stereocenters. The summed E-state index contributed by atoms with van der Waals surface area (Å²) in [6, 6.07) is 10.7. The maximum absolute atomic E-state index is 13.1. The first-order valence-corrected chi connectivity index (χ1v) is 12.7. The second-order valence-corrected chi connectivity index (χ2v) is 10.1. The number of hydrogen-bond acceptors (Lipinski definition) is 8. The van der Waals surface area contributed by atoms with Crippen LogP contribution in [0.3, 0.4) is 0 Å². The van der Waals surface area contributed by atoms with Gasteiger partial charge in [-0.2, -0.15) is 0 Å². The molecule has 2 aromatic carbocycles. The number of rotatable bonds is 7. The largest absolute Gasteiger partial charge is 0.497 e. The van der Waals surface area contributed by atoms with E-state index in [2.05, 4.69) is 15.9 Å². The zero-order chi connectivity index (χ0) is 24.9. The Balaban J connectivity index is 1.51. The molecule has 0 bridgehead atoms. The molecule has 2 fully saturated rings. The first-order valence-electron chi connectivity index (χ1n) is 10.7. The van der Waals surface area contributed by atoms with E-state index in [1.807, 2.05) is 0 Å². The molecule has 2 aliphatic heterocycles. The third-order valence-corrected chi connectivity index (χ3v) is 7.27. The number of ether oxygens (including phenoxy) is 4. The molecule has 2 amide bonds. The van der Waals surface area contributed by atoms with Gasteiger partial charge in [-0.1, -0.05) is 24.0 Å². The molecular weight excluding hydrogens is 556 g/mol. The summed E-state index contributed by atoms with van der Waals surface area (Å²) in [4.78, 5) is 29.2. The predicted octanol–water partition coefficient (Wildman–Crippen LogP) is 4.11. The van der Waals surface area contributed by atoms with Gasteiger partial charge in [0.2, 0.25) is 0 Å². The van der Waals surface area contributed by atoms with Crippen LogP contribution in [0.15, 0.2) is 45.8 Å². The molecule has 0 radical (unpaired) electrons. The summed E-state index contributed by atoms with van der Waals surface area (Å²) < 4.78 is 22.8. The average Bonchev–Trinajstić information content (AvgIpc) is 3.15. The Morgan fingerprint density at radius 1 is 1.17 bits per heavy atom. The lowest BCUT2D eigenvalue weighted by Gasteiger charge is -2.27. The Kier molecular flexibility index (Phi) is 8.32. The number of hydrogen-bond donors (Lipinski definition) is 0. The van der Waals surface area contributed by atoms with Crippen LogP contribution in [-0.4, -0.2) is 68.2 Å². The van der Waals surface area contributed by atoms with Gasteiger partial charge in [-0.05, 0) is 64.0 Å². The van der Waals surface area contributed by atoms with Crippen molar-refractivity contribution in [3.8, 4) is 17.2 Å². The van der Waals surface area contributed by atoms with Crippen molar-refractivity contribution in [1.82, 2.24) is 4.90 Å². The normalized spacial score (nSPS) is 17.2. The lowest BCUT2D eigenvalue weighted by atomic mass is 10.1. The minimum atomic E-state index is -0.211. The van der Waals surface area contributed by atoms with Gasteiger partial charge in [-0.15, -0.1) is 0 Å². The van der Waals surface area contributed by atoms with Crippen molar-refractivity contribution in [3.63, 3.8) is 0 Å². The Morgan fingerprint density at radius 2 is 1.89 bits per heavy atom. The molecule has 0 atom stereocenters. The van der Waals surface area contributed by atoms with Crippen molar-refractivity contribution in [2.45, 2.75) is 0 Å². The molecule has 2 aliphatic rings. The minimum Gasteiger partial charge on any atom is -0.497 e. The fourth-order valence-electron chi connectivity index (χ4n) is 3.57. The molecule has 0 saturated carbocycles. The van der Waals surface area contributed by atoms with E-state index in [9.17, 15) is 9.59 Å². The summed E-state index contributed by atoms with van der Waals surface area (Å²) in [6.07, 6.45) is 1.75. The number of halogens is 1. The van der Waals surface area contributed by atoms with Crippen LogP contribution < -0.4 is 19.1 Å². The van der Waals surface area contributed by atoms with Crippen LogP contribution in [0, 0.1) is 0 Å². The molecule has 0 N–H and O–H groups in total. The second kappa shape index (κ2) is 11.4. The van der Waals surface area contributed by atoms with Gasteiger partial charge in [-0.3, -0.25) is 14.5 Å². The predicted molar refractivity (Wildman–Crippen MR) is 142 cm³/mol. The lowest BCUT2D eigenvalue weighted by molar-refractivity contribution is -0.137. The van der Waals surface area contributed by atoms with E-state index in [-0.39, 0.29) is 18.4 Å². The SMILES string of the molecule is COc1ccc(N2C(=O)/C(=C/c3cc(Br)c(OCC(=O)N4CCOCC4)c(OC)c3)SC2=S)cc1. The van der Waals surface area contributed by atoms with Gasteiger partial charge in [0.25, 0.3) is 11.8 Å². The fraction of sp³-hybridized carbons (Fsp3) is 0.292. The molecule has 0 spiro atoms. The molecule has 11 heteroatoms. The van der Waals surface area contributed by atoms with Crippen molar-refractivity contribution in [2.24, 2.45) is 0 Å². The zero-order valence-corrected chi connectivity index (χ0v) is 22.3. The van der Waals surface area contributed by atoms with E-state index in [0.717, 1.165) is 5.56 Å². The number of carbonyl (C=O) groups excluding carboxylic acids is 2. The molecule has 0 aliphatic carbocycles. The van der Waals surface area contributed by atoms with Gasteiger partial charge in [-0.25, -0.2) is 0 Å². The molecule has 2 saturated heterocycles. The Morgan fingerprint density at radius 3 is 2.54 bits per heavy atom. The van der Waals surface area contributed by atoms with Crippen molar-refractivity contribution in [2.75, 3.05) is 52.0 Å². The van der Waals surface area contributed by atoms with Gasteiger partial charge >= 0.3 is 0 Å². The number of carbonyl (C=O) groups is 2. The number of benzene rings is 2. The quantitative estimate of drug-likeness (QED) is 0.359. The van der Waals surface area contributed by atoms with Crippen molar-refractivity contribution < 1.29 is 28.5 Å². The van der Waals surface area contributed by atoms with Crippen molar-refractivity contribution >= 4 is 67.8 Å². The molecule has 35 heavy (non-hydrogen) atoms. The maximum Gasteiger partial charge on any atom is 0.270 e. The van der Waals surface area contributed by atoms with Crippen LogP contribution in [0.4, 0.5) is 5.69 Å². The van der Waals surface area contributed by atoms with E-state index in [4.69, 9.17) is 31.2 Å². The lowest BCUT2D eigenvalue weighted by Crippen LogP contribution is -2.43. The number of nitrogens with zero attached hydrogens (tertiary/aromatic N) is 2. The Bertz CT molecular complexity index is 1170. The van der Waals surface area contributed by atoms with E-state index in [1.54, 1.807) is 54.5 Å². The van der Waals surface area contributed by atoms with E-state index < -0.39 is 0 Å². The first kappa shape index (κ1) is 25.5. The van der Waals surface area contributed by atoms with Gasteiger partial charge in [0.15, 0.2) is 22.4 Å². The average molecular weight is 579 g/mol. The number of thioether (sulfide) groups is 1. The standard InChI is InChI=1S/C24H23BrN2O6S2/c1-30-17-5-3-16(4-6-17)27-23(29)20(35-24(27)34)13-15-11-18(25)22(19(12-15)31-2)33-14-21(28)26-7-9-32-10-8-26/h3-6,11-13H,7-10,14H2,1-2H3/b20-13-. The maximum atomic E-state index is 13.1. The molecule has 184 valence electrons. The fourth-order valence-corrected chi connectivity index (χ4v) is 5.45. The third kappa shape index (κ3) is 5.80. The first-order chi connectivity index (χ1) is 16.9. The van der Waals surface area contributed by atoms with Crippen LogP contribution in [0.2, 0.25) is 0 Å². The summed E-state index contributed by atoms with van der Waals surface area (Å²) in [7, 11) is 3.10. The van der Waals surface area contributed by atoms with E-state index >= 15 is 0 Å². The highest BCUT2D eigenvalue weighted by Crippen LogP contribution is 2.40.